The minimum Gasteiger partial charge on any atom is -0.487 e. The third-order valence-electron chi connectivity index (χ3n) is 0.650. The first-order valence-corrected chi connectivity index (χ1v) is 4.46. The molecule has 0 aliphatic rings. The van der Waals surface area contributed by atoms with Gasteiger partial charge in [-0.1, -0.05) is 0 Å². The lowest BCUT2D eigenvalue weighted by molar-refractivity contribution is -0.123. The molecule has 0 heterocycles. The van der Waals surface area contributed by atoms with Crippen LogP contribution in [0.1, 0.15) is 20.3 Å². The van der Waals surface area contributed by atoms with E-state index < -0.39 is 17.6 Å². The van der Waals surface area contributed by atoms with Crippen LogP contribution in [-0.4, -0.2) is 22.9 Å². The highest BCUT2D eigenvalue weighted by molar-refractivity contribution is 7.96. The van der Waals surface area contributed by atoms with Crippen LogP contribution < -0.4 is 0 Å². The standard InChI is InChI=1S/C5H7F3OS.C2H4OS/c1-2-9-4(10)3-5(6,7)8;1-2(3)4/h2-3H2,1H3;1H3,(H,3,4). The molecule has 0 aliphatic carbocycles. The van der Waals surface area contributed by atoms with E-state index in [0.717, 1.165) is 0 Å². The fourth-order valence-electron chi connectivity index (χ4n) is 0.376. The molecule has 0 rings (SSSR count). The molecular weight excluding hydrogens is 237 g/mol. The number of thiol groups is 1. The maximum atomic E-state index is 11.5. The summed E-state index contributed by atoms with van der Waals surface area (Å²) >= 11 is 7.59. The number of halogens is 3. The van der Waals surface area contributed by atoms with Crippen molar-refractivity contribution in [2.75, 3.05) is 6.61 Å². The van der Waals surface area contributed by atoms with Crippen LogP contribution in [0.2, 0.25) is 0 Å². The quantitative estimate of drug-likeness (QED) is 0.601. The Kier molecular flexibility index (Phi) is 9.28. The van der Waals surface area contributed by atoms with Gasteiger partial charge in [-0.2, -0.15) is 13.2 Å². The van der Waals surface area contributed by atoms with Crippen LogP contribution in [-0.2, 0) is 9.53 Å². The van der Waals surface area contributed by atoms with Crippen LogP contribution in [0.25, 0.3) is 0 Å². The van der Waals surface area contributed by atoms with Gasteiger partial charge in [0.2, 0.25) is 0 Å². The molecule has 0 fully saturated rings. The lowest BCUT2D eigenvalue weighted by atomic mass is 10.4. The largest absolute Gasteiger partial charge is 0.487 e. The number of carbonyl (C=O) groups is 1. The van der Waals surface area contributed by atoms with E-state index in [9.17, 15) is 18.0 Å². The Morgan fingerprint density at radius 3 is 2.07 bits per heavy atom. The molecule has 0 saturated carbocycles. The van der Waals surface area contributed by atoms with E-state index in [0.29, 0.717) is 0 Å². The number of hydrogen-bond acceptors (Lipinski definition) is 3. The summed E-state index contributed by atoms with van der Waals surface area (Å²) in [6, 6.07) is 0. The highest BCUT2D eigenvalue weighted by Gasteiger charge is 2.29. The van der Waals surface area contributed by atoms with E-state index in [4.69, 9.17) is 0 Å². The van der Waals surface area contributed by atoms with Crippen molar-refractivity contribution in [1.29, 1.82) is 0 Å². The second kappa shape index (κ2) is 8.05. The molecule has 0 spiro atoms. The van der Waals surface area contributed by atoms with Crippen LogP contribution in [0.3, 0.4) is 0 Å². The minimum absolute atomic E-state index is 0.139. The summed E-state index contributed by atoms with van der Waals surface area (Å²) in [4.78, 5) is 9.31. The summed E-state index contributed by atoms with van der Waals surface area (Å²) in [5, 5.41) is -0.532. The third kappa shape index (κ3) is 22.6. The number of hydrogen-bond donors (Lipinski definition) is 1. The molecule has 84 valence electrons. The number of thiocarbonyl (C=S) groups is 1. The monoisotopic (exact) mass is 248 g/mol. The molecule has 0 N–H and O–H groups in total. The lowest BCUT2D eigenvalue weighted by Crippen LogP contribution is -2.15. The van der Waals surface area contributed by atoms with Crippen molar-refractivity contribution in [3.05, 3.63) is 0 Å². The maximum absolute atomic E-state index is 11.5. The van der Waals surface area contributed by atoms with Crippen molar-refractivity contribution in [3.63, 3.8) is 0 Å². The zero-order chi connectivity index (χ0) is 11.8. The molecule has 0 aromatic heterocycles. The van der Waals surface area contributed by atoms with Crippen molar-refractivity contribution < 1.29 is 22.7 Å². The highest BCUT2D eigenvalue weighted by atomic mass is 32.1. The van der Waals surface area contributed by atoms with E-state index in [1.54, 1.807) is 6.92 Å². The molecule has 0 aliphatic heterocycles. The first-order valence-electron chi connectivity index (χ1n) is 3.61. The fraction of sp³-hybridized carbons (Fsp3) is 0.714. The SMILES string of the molecule is CC(=O)S.CCOC(=S)CC(F)(F)F. The molecule has 2 nitrogen and oxygen atoms in total. The second-order valence-corrected chi connectivity index (χ2v) is 3.20. The Balaban J connectivity index is 0. The Hall–Kier alpha value is -0.300. The molecule has 0 bridgehead atoms. The Morgan fingerprint density at radius 1 is 1.50 bits per heavy atom. The summed E-state index contributed by atoms with van der Waals surface area (Å²) in [6.07, 6.45) is -5.37. The Bertz CT molecular complexity index is 188. The number of alkyl halides is 3. The maximum Gasteiger partial charge on any atom is 0.396 e. The Labute approximate surface area is 91.2 Å². The summed E-state index contributed by atoms with van der Waals surface area (Å²) in [5.41, 5.74) is 0. The number of ether oxygens (including phenoxy) is 1. The first kappa shape index (κ1) is 16.1. The smallest absolute Gasteiger partial charge is 0.396 e. The predicted molar refractivity (Wildman–Crippen MR) is 54.6 cm³/mol. The van der Waals surface area contributed by atoms with Crippen molar-refractivity contribution in [2.24, 2.45) is 0 Å². The molecule has 0 aromatic rings. The van der Waals surface area contributed by atoms with E-state index in [-0.39, 0.29) is 11.7 Å². The second-order valence-electron chi connectivity index (χ2n) is 2.12. The summed E-state index contributed by atoms with van der Waals surface area (Å²) in [6.45, 7) is 3.17. The van der Waals surface area contributed by atoms with Crippen molar-refractivity contribution in [2.45, 2.75) is 26.4 Å². The van der Waals surface area contributed by atoms with Crippen molar-refractivity contribution >= 4 is 35.0 Å². The van der Waals surface area contributed by atoms with Crippen LogP contribution in [0.5, 0.6) is 0 Å². The topological polar surface area (TPSA) is 26.3 Å². The molecule has 0 aromatic carbocycles. The van der Waals surface area contributed by atoms with Gasteiger partial charge in [0.05, 0.1) is 6.61 Å². The number of carbonyl (C=O) groups excluding carboxylic acids is 1. The molecule has 0 atom stereocenters. The van der Waals surface area contributed by atoms with Gasteiger partial charge in [-0.15, -0.1) is 12.6 Å². The van der Waals surface area contributed by atoms with Gasteiger partial charge in [0.1, 0.15) is 6.42 Å². The van der Waals surface area contributed by atoms with Gasteiger partial charge in [0.15, 0.2) is 10.2 Å². The predicted octanol–water partition coefficient (Wildman–Crippen LogP) is 2.77. The minimum atomic E-state index is -4.24. The van der Waals surface area contributed by atoms with Gasteiger partial charge in [-0.25, -0.2) is 0 Å². The first-order chi connectivity index (χ1) is 6.19. The summed E-state index contributed by atoms with van der Waals surface area (Å²) in [7, 11) is 0. The van der Waals surface area contributed by atoms with Gasteiger partial charge in [0.25, 0.3) is 0 Å². The van der Waals surface area contributed by atoms with E-state index >= 15 is 0 Å². The zero-order valence-electron chi connectivity index (χ0n) is 7.72. The Morgan fingerprint density at radius 2 is 1.86 bits per heavy atom. The van der Waals surface area contributed by atoms with Crippen LogP contribution >= 0.6 is 24.8 Å². The van der Waals surface area contributed by atoms with Crippen LogP contribution in [0.15, 0.2) is 0 Å². The average molecular weight is 248 g/mol. The van der Waals surface area contributed by atoms with Gasteiger partial charge in [-0.05, 0) is 19.1 Å². The summed E-state index contributed by atoms with van der Waals surface area (Å²) < 4.78 is 38.8. The van der Waals surface area contributed by atoms with Crippen molar-refractivity contribution in [1.82, 2.24) is 0 Å². The highest BCUT2D eigenvalue weighted by Crippen LogP contribution is 2.20. The molecule has 0 amide bonds. The van der Waals surface area contributed by atoms with E-state index in [1.807, 2.05) is 0 Å². The van der Waals surface area contributed by atoms with Gasteiger partial charge < -0.3 is 4.74 Å². The molecule has 7 heteroatoms. The third-order valence-corrected chi connectivity index (χ3v) is 0.912. The molecule has 14 heavy (non-hydrogen) atoms. The normalized spacial score (nSPS) is 9.86. The van der Waals surface area contributed by atoms with E-state index in [2.05, 4.69) is 29.6 Å². The lowest BCUT2D eigenvalue weighted by Gasteiger charge is -2.06. The van der Waals surface area contributed by atoms with Gasteiger partial charge >= 0.3 is 6.18 Å². The van der Waals surface area contributed by atoms with E-state index in [1.165, 1.54) is 6.92 Å². The fourth-order valence-corrected chi connectivity index (χ4v) is 0.657. The van der Waals surface area contributed by atoms with Crippen LogP contribution in [0, 0.1) is 0 Å². The molecule has 0 radical (unpaired) electrons. The molecule has 0 saturated heterocycles. The zero-order valence-corrected chi connectivity index (χ0v) is 9.43. The molecular formula is C7H11F3O2S2. The number of rotatable bonds is 2. The average Bonchev–Trinajstić information content (AvgIpc) is 1.80. The van der Waals surface area contributed by atoms with Crippen molar-refractivity contribution in [3.8, 4) is 0 Å². The van der Waals surface area contributed by atoms with Crippen LogP contribution in [0.4, 0.5) is 13.2 Å². The molecule has 0 unspecified atom stereocenters. The van der Waals surface area contributed by atoms with Gasteiger partial charge in [-0.3, -0.25) is 4.79 Å². The summed E-state index contributed by atoms with van der Waals surface area (Å²) in [5.74, 6) is 0. The van der Waals surface area contributed by atoms with Gasteiger partial charge in [0, 0.05) is 6.92 Å².